The first-order chi connectivity index (χ1) is 20.4. The zero-order valence-electron chi connectivity index (χ0n) is 22.7. The molecule has 2 N–H and O–H groups in total. The van der Waals surface area contributed by atoms with Crippen LogP contribution < -0.4 is 5.73 Å². The fourth-order valence-corrected chi connectivity index (χ4v) is 5.84. The fourth-order valence-electron chi connectivity index (χ4n) is 5.68. The van der Waals surface area contributed by atoms with Gasteiger partial charge >= 0.3 is 5.38 Å². The van der Waals surface area contributed by atoms with Gasteiger partial charge in [0.1, 0.15) is 17.5 Å². The molecule has 2 aromatic carbocycles. The highest BCUT2D eigenvalue weighted by atomic mass is 35.5. The molecule has 1 aliphatic carbocycles. The average Bonchev–Trinajstić information content (AvgIpc) is 3.31. The number of ketones is 1. The van der Waals surface area contributed by atoms with Gasteiger partial charge in [0.2, 0.25) is 0 Å². The largest absolute Gasteiger partial charge is 0.366 e. The Morgan fingerprint density at radius 3 is 2.44 bits per heavy atom. The first-order valence-electron chi connectivity index (χ1n) is 13.6. The van der Waals surface area contributed by atoms with Crippen LogP contribution in [0.4, 0.5) is 22.0 Å². The van der Waals surface area contributed by atoms with Crippen LogP contribution in [-0.4, -0.2) is 26.5 Å². The number of amides is 1. The van der Waals surface area contributed by atoms with Gasteiger partial charge in [0.05, 0.1) is 17.8 Å². The zero-order chi connectivity index (χ0) is 30.9. The van der Waals surface area contributed by atoms with Gasteiger partial charge in [-0.2, -0.15) is 13.9 Å². The van der Waals surface area contributed by atoms with E-state index in [0.717, 1.165) is 30.7 Å². The first-order valence-corrected chi connectivity index (χ1v) is 14.0. The minimum absolute atomic E-state index is 0.0173. The van der Waals surface area contributed by atoms with E-state index in [-0.39, 0.29) is 30.5 Å². The molecule has 1 amide bonds. The molecule has 0 bridgehead atoms. The number of hydrogen-bond donors (Lipinski definition) is 1. The molecule has 2 aromatic heterocycles. The standard InChI is InChI=1S/C31H26ClF5N4O2/c32-31(36,37)29-24-4-1-2-6-27(24)41(40-29)16-22(42)13-19(10-17-11-20(33)15-21(34)12-17)28-23(5-3-9-39-28)18-7-8-26(35)25(14-18)30(38)43/h3,5,7-9,11-12,14-15,19H,1-2,4,6,10,13,16H2,(H2,38,43)/t19-/m1/s1. The third kappa shape index (κ3) is 6.77. The number of primary amides is 1. The number of alkyl halides is 3. The zero-order valence-corrected chi connectivity index (χ0v) is 23.5. The van der Waals surface area contributed by atoms with E-state index < -0.39 is 46.1 Å². The van der Waals surface area contributed by atoms with Crippen LogP contribution in [0.2, 0.25) is 0 Å². The summed E-state index contributed by atoms with van der Waals surface area (Å²) in [6.07, 6.45) is 3.53. The van der Waals surface area contributed by atoms with Crippen molar-refractivity contribution < 1.29 is 31.5 Å². The number of pyridine rings is 1. The maximum absolute atomic E-state index is 14.2. The number of aromatic nitrogens is 3. The smallest absolute Gasteiger partial charge is 0.366 e. The predicted molar refractivity (Wildman–Crippen MR) is 149 cm³/mol. The van der Waals surface area contributed by atoms with Crippen molar-refractivity contribution in [3.63, 3.8) is 0 Å². The Balaban J connectivity index is 1.52. The molecule has 2 heterocycles. The average molecular weight is 617 g/mol. The number of carbonyl (C=O) groups excluding carboxylic acids is 2. The molecule has 0 spiro atoms. The van der Waals surface area contributed by atoms with Gasteiger partial charge in [0.25, 0.3) is 5.91 Å². The number of nitrogens with zero attached hydrogens (tertiary/aromatic N) is 3. The van der Waals surface area contributed by atoms with E-state index in [4.69, 9.17) is 17.3 Å². The van der Waals surface area contributed by atoms with E-state index in [9.17, 15) is 31.5 Å². The molecule has 12 heteroatoms. The number of hydrogen-bond acceptors (Lipinski definition) is 4. The van der Waals surface area contributed by atoms with Crippen LogP contribution in [0.15, 0.2) is 54.7 Å². The van der Waals surface area contributed by atoms with Crippen molar-refractivity contribution in [3.05, 3.63) is 106 Å². The number of fused-ring (bicyclic) bond motifs is 1. The summed E-state index contributed by atoms with van der Waals surface area (Å²) in [5, 5.41) is 0.317. The molecule has 43 heavy (non-hydrogen) atoms. The van der Waals surface area contributed by atoms with Crippen LogP contribution in [0.1, 0.15) is 63.7 Å². The van der Waals surface area contributed by atoms with Crippen LogP contribution in [0.25, 0.3) is 11.1 Å². The second kappa shape index (κ2) is 12.2. The van der Waals surface area contributed by atoms with E-state index in [2.05, 4.69) is 10.1 Å². The van der Waals surface area contributed by atoms with Gasteiger partial charge < -0.3 is 5.73 Å². The summed E-state index contributed by atoms with van der Waals surface area (Å²) < 4.78 is 72.0. The van der Waals surface area contributed by atoms with Gasteiger partial charge in [0.15, 0.2) is 11.5 Å². The van der Waals surface area contributed by atoms with Gasteiger partial charge in [-0.3, -0.25) is 19.3 Å². The molecule has 1 atom stereocenters. The third-order valence-corrected chi connectivity index (χ3v) is 7.68. The van der Waals surface area contributed by atoms with Crippen molar-refractivity contribution in [2.75, 3.05) is 0 Å². The summed E-state index contributed by atoms with van der Waals surface area (Å²) >= 11 is 5.33. The van der Waals surface area contributed by atoms with Crippen molar-refractivity contribution in [1.29, 1.82) is 0 Å². The highest BCUT2D eigenvalue weighted by molar-refractivity contribution is 6.21. The lowest BCUT2D eigenvalue weighted by molar-refractivity contribution is -0.120. The second-order valence-electron chi connectivity index (χ2n) is 10.6. The molecule has 0 aliphatic heterocycles. The van der Waals surface area contributed by atoms with Gasteiger partial charge in [-0.25, -0.2) is 13.2 Å². The lowest BCUT2D eigenvalue weighted by atomic mass is 9.86. The van der Waals surface area contributed by atoms with Crippen molar-refractivity contribution in [2.45, 2.75) is 56.4 Å². The topological polar surface area (TPSA) is 90.9 Å². The molecule has 0 radical (unpaired) electrons. The minimum Gasteiger partial charge on any atom is -0.366 e. The SMILES string of the molecule is NC(=O)c1cc(-c2cccnc2[C@@H](CC(=O)Cn2nc(C(F)(F)Cl)c3c2CCCC3)Cc2cc(F)cc(F)c2)ccc1F. The Bertz CT molecular complexity index is 1680. The second-order valence-corrected chi connectivity index (χ2v) is 11.0. The molecule has 0 fully saturated rings. The van der Waals surface area contributed by atoms with E-state index in [1.165, 1.54) is 23.0 Å². The molecule has 0 saturated carbocycles. The van der Waals surface area contributed by atoms with Gasteiger partial charge in [0, 0.05) is 41.4 Å². The molecule has 1 aliphatic rings. The third-order valence-electron chi connectivity index (χ3n) is 7.50. The molecule has 0 saturated heterocycles. The summed E-state index contributed by atoms with van der Waals surface area (Å²) in [5.41, 5.74) is 6.74. The summed E-state index contributed by atoms with van der Waals surface area (Å²) in [4.78, 5) is 29.8. The number of Topliss-reactive ketones (excluding diaryl/α,β-unsaturated/α-hetero) is 1. The predicted octanol–water partition coefficient (Wildman–Crippen LogP) is 6.61. The summed E-state index contributed by atoms with van der Waals surface area (Å²) in [7, 11) is 0. The van der Waals surface area contributed by atoms with Crippen LogP contribution in [0, 0.1) is 17.5 Å². The van der Waals surface area contributed by atoms with Crippen molar-refractivity contribution in [3.8, 4) is 11.1 Å². The maximum atomic E-state index is 14.2. The van der Waals surface area contributed by atoms with E-state index in [1.54, 1.807) is 12.1 Å². The van der Waals surface area contributed by atoms with Crippen LogP contribution in [-0.2, 0) is 36.0 Å². The quantitative estimate of drug-likeness (QED) is 0.160. The Kier molecular flexibility index (Phi) is 8.64. The summed E-state index contributed by atoms with van der Waals surface area (Å²) in [6.45, 7) is -0.326. The minimum atomic E-state index is -3.69. The highest BCUT2D eigenvalue weighted by Gasteiger charge is 2.37. The van der Waals surface area contributed by atoms with E-state index in [0.29, 0.717) is 47.3 Å². The maximum Gasteiger partial charge on any atom is 0.366 e. The first kappa shape index (κ1) is 30.3. The highest BCUT2D eigenvalue weighted by Crippen LogP contribution is 2.38. The number of nitrogens with two attached hydrogens (primary N) is 1. The van der Waals surface area contributed by atoms with Crippen molar-refractivity contribution in [1.82, 2.24) is 14.8 Å². The number of rotatable bonds is 10. The molecule has 224 valence electrons. The Labute approximate surface area is 248 Å². The molecular formula is C31H26ClF5N4O2. The lowest BCUT2D eigenvalue weighted by Crippen LogP contribution is -2.20. The van der Waals surface area contributed by atoms with Crippen LogP contribution >= 0.6 is 11.6 Å². The number of carbonyl (C=O) groups is 2. The lowest BCUT2D eigenvalue weighted by Gasteiger charge is -2.20. The van der Waals surface area contributed by atoms with E-state index in [1.807, 2.05) is 0 Å². The van der Waals surface area contributed by atoms with Gasteiger partial charge in [-0.05, 0) is 85.2 Å². The van der Waals surface area contributed by atoms with Crippen LogP contribution in [0.3, 0.4) is 0 Å². The molecule has 6 nitrogen and oxygen atoms in total. The van der Waals surface area contributed by atoms with Gasteiger partial charge in [-0.1, -0.05) is 12.1 Å². The van der Waals surface area contributed by atoms with Crippen molar-refractivity contribution in [2.24, 2.45) is 5.73 Å². The summed E-state index contributed by atoms with van der Waals surface area (Å²) in [5.74, 6) is -4.54. The van der Waals surface area contributed by atoms with Crippen LogP contribution in [0.5, 0.6) is 0 Å². The number of halogens is 6. The van der Waals surface area contributed by atoms with Gasteiger partial charge in [-0.15, -0.1) is 0 Å². The molecule has 5 rings (SSSR count). The Morgan fingerprint density at radius 2 is 1.74 bits per heavy atom. The molecular weight excluding hydrogens is 591 g/mol. The molecule has 0 unspecified atom stereocenters. The monoisotopic (exact) mass is 616 g/mol. The molecule has 4 aromatic rings. The van der Waals surface area contributed by atoms with E-state index >= 15 is 0 Å². The Morgan fingerprint density at radius 1 is 1.02 bits per heavy atom. The fraction of sp³-hybridized carbons (Fsp3) is 0.290. The summed E-state index contributed by atoms with van der Waals surface area (Å²) in [6, 6.07) is 10.1. The number of benzene rings is 2. The normalized spacial score (nSPS) is 13.9. The Hall–Kier alpha value is -4.12. The van der Waals surface area contributed by atoms with Crippen molar-refractivity contribution >= 4 is 23.3 Å².